The predicted molar refractivity (Wildman–Crippen MR) is 315 cm³/mol. The first-order valence-corrected chi connectivity index (χ1v) is 27.7. The van der Waals surface area contributed by atoms with Crippen molar-refractivity contribution >= 4 is 39.7 Å². The molecule has 0 radical (unpaired) electrons. The maximum atomic E-state index is 10.1. The van der Waals surface area contributed by atoms with Crippen molar-refractivity contribution in [2.75, 3.05) is 30.3 Å². The second kappa shape index (κ2) is 41.5. The molecule has 2 aliphatic carbocycles. The van der Waals surface area contributed by atoms with Crippen molar-refractivity contribution in [1.82, 2.24) is 35.2 Å². The Hall–Kier alpha value is -5.48. The molecule has 5 aromatic rings. The summed E-state index contributed by atoms with van der Waals surface area (Å²) < 4.78 is 0. The number of nitrogen functional groups attached to an aromatic ring is 3. The molecule has 10 N–H and O–H groups in total. The molecule has 0 aromatic carbocycles. The zero-order valence-corrected chi connectivity index (χ0v) is 49.3. The van der Waals surface area contributed by atoms with E-state index in [-0.39, 0.29) is 43.2 Å². The van der Waals surface area contributed by atoms with Crippen molar-refractivity contribution in [2.24, 2.45) is 11.8 Å². The Morgan fingerprint density at radius 2 is 1.12 bits per heavy atom. The fourth-order valence-electron chi connectivity index (χ4n) is 9.16. The number of aldehydes is 1. The quantitative estimate of drug-likeness (QED) is 0.0414. The number of pyridine rings is 5. The molecule has 0 amide bonds. The van der Waals surface area contributed by atoms with Gasteiger partial charge in [-0.3, -0.25) is 9.97 Å². The first-order valence-electron chi connectivity index (χ1n) is 26.9. The second-order valence-electron chi connectivity index (χ2n) is 20.5. The minimum atomic E-state index is -0.520. The molecular weight excluding hydrogens is 1040 g/mol. The van der Waals surface area contributed by atoms with Gasteiger partial charge in [-0.25, -0.2) is 15.0 Å². The molecule has 4 aliphatic rings. The number of hydrogen-bond acceptors (Lipinski definition) is 15. The summed E-state index contributed by atoms with van der Waals surface area (Å²) in [4.78, 5) is 34.9. The summed E-state index contributed by atoms with van der Waals surface area (Å²) in [5, 5.41) is 42.4. The van der Waals surface area contributed by atoms with Crippen LogP contribution in [0.25, 0.3) is 4.95 Å². The molecule has 9 rings (SSSR count). The Kier molecular flexibility index (Phi) is 37.6. The fraction of sp³-hybridized carbons (Fsp3) is 0.517. The van der Waals surface area contributed by atoms with Gasteiger partial charge in [-0.2, -0.15) is 37.6 Å². The number of aliphatic hydroxyl groups is 3. The van der Waals surface area contributed by atoms with Crippen molar-refractivity contribution in [3.63, 3.8) is 0 Å². The molecule has 5 aromatic heterocycles. The third-order valence-electron chi connectivity index (χ3n) is 12.9. The van der Waals surface area contributed by atoms with Crippen molar-refractivity contribution in [2.45, 2.75) is 175 Å². The van der Waals surface area contributed by atoms with Gasteiger partial charge in [0.1, 0.15) is 34.8 Å². The predicted octanol–water partition coefficient (Wildman–Crippen LogP) is 7.20. The molecule has 420 valence electrons. The molecular formula is C60H88BrLiN12O4. The third-order valence-corrected chi connectivity index (χ3v) is 12.9. The molecule has 3 unspecified atom stereocenters. The topological polar surface area (TPSA) is 264 Å². The molecule has 18 heteroatoms. The zero-order valence-electron chi connectivity index (χ0n) is 47.7. The zero-order chi connectivity index (χ0) is 57.0. The maximum Gasteiger partial charge on any atom is 1.00 e. The number of aryl methyl sites for hydroxylation is 4. The van der Waals surface area contributed by atoms with Crippen molar-refractivity contribution in [3.05, 3.63) is 148 Å². The molecule has 2 aliphatic heterocycles. The molecule has 2 saturated carbocycles. The Balaban J connectivity index is 0.000000467. The fourth-order valence-corrected chi connectivity index (χ4v) is 9.16. The van der Waals surface area contributed by atoms with Crippen LogP contribution >= 0.6 is 15.9 Å². The number of aliphatic hydroxyl groups excluding tert-OH is 3. The van der Waals surface area contributed by atoms with Crippen LogP contribution in [0.15, 0.2) is 91.6 Å². The number of halogens is 1. The van der Waals surface area contributed by atoms with E-state index < -0.39 is 6.10 Å². The smallest absolute Gasteiger partial charge is 0.392 e. The molecule has 4 fully saturated rings. The van der Waals surface area contributed by atoms with E-state index in [2.05, 4.69) is 90.9 Å². The monoisotopic (exact) mass is 1130 g/mol. The van der Waals surface area contributed by atoms with Crippen LogP contribution < -0.4 is 41.4 Å². The Bertz CT molecular complexity index is 2310. The van der Waals surface area contributed by atoms with Gasteiger partial charge < -0.3 is 48.5 Å². The molecule has 0 spiro atoms. The number of nitriles is 1. The Morgan fingerprint density at radius 3 is 1.51 bits per heavy atom. The average Bonchev–Trinajstić information content (AvgIpc) is 4.25. The largest absolute Gasteiger partial charge is 1.00 e. The molecule has 7 heterocycles. The number of nitrogens with zero attached hydrogens (tertiary/aromatic N) is 8. The van der Waals surface area contributed by atoms with Gasteiger partial charge in [0.15, 0.2) is 0 Å². The van der Waals surface area contributed by atoms with Gasteiger partial charge in [-0.15, -0.1) is 5.01 Å². The van der Waals surface area contributed by atoms with Gasteiger partial charge in [0.05, 0.1) is 24.9 Å². The minimum absolute atomic E-state index is 0. The van der Waals surface area contributed by atoms with Crippen LogP contribution in [0.1, 0.15) is 137 Å². The van der Waals surface area contributed by atoms with Crippen molar-refractivity contribution in [1.29, 1.82) is 5.26 Å². The van der Waals surface area contributed by atoms with E-state index in [1.165, 1.54) is 55.6 Å². The van der Waals surface area contributed by atoms with E-state index in [4.69, 9.17) is 29.0 Å². The minimum Gasteiger partial charge on any atom is -0.392 e. The summed E-state index contributed by atoms with van der Waals surface area (Å²) >= 11 is 2.45. The Morgan fingerprint density at radius 1 is 0.679 bits per heavy atom. The van der Waals surface area contributed by atoms with Crippen molar-refractivity contribution < 1.29 is 39.0 Å². The SMILES string of the molecule is C[C-](C)C.Cc1cc(CC(O)C2CCCC2)ccn1.Cc1ccnc(C)c1.Cc1ccnc(N)c1.N#CBr.Nc1cc(CC(O)[C@@H]2CCCN2)ccn1.O=CC1CCCC1.[C-]#[N+]N1CCC[C@H]1C(O)Cc1ccnc(N)c1.[Li+]. The van der Waals surface area contributed by atoms with Crippen LogP contribution in [0.4, 0.5) is 17.5 Å². The summed E-state index contributed by atoms with van der Waals surface area (Å²) in [5.41, 5.74) is 24.3. The van der Waals surface area contributed by atoms with E-state index >= 15 is 0 Å². The van der Waals surface area contributed by atoms with E-state index in [9.17, 15) is 20.1 Å². The molecule has 78 heavy (non-hydrogen) atoms. The van der Waals surface area contributed by atoms with E-state index in [1.54, 1.807) is 34.6 Å². The maximum absolute atomic E-state index is 10.1. The number of aromatic nitrogens is 5. The molecule has 16 nitrogen and oxygen atoms in total. The molecule has 2 saturated heterocycles. The molecule has 0 bridgehead atoms. The van der Waals surface area contributed by atoms with E-state index in [1.807, 2.05) is 75.6 Å². The molecule has 5 atom stereocenters. The van der Waals surface area contributed by atoms with Gasteiger partial charge in [-0.1, -0.05) is 25.7 Å². The summed E-state index contributed by atoms with van der Waals surface area (Å²) in [6, 6.07) is 19.4. The number of rotatable bonds is 10. The van der Waals surface area contributed by atoms with Crippen LogP contribution in [0, 0.1) is 62.3 Å². The second-order valence-corrected chi connectivity index (χ2v) is 20.9. The Labute approximate surface area is 487 Å². The summed E-state index contributed by atoms with van der Waals surface area (Å²) in [6.07, 6.45) is 24.6. The number of carbonyl (C=O) groups excluding carboxylic acids is 1. The number of nitrogens with two attached hydrogens (primary N) is 3. The summed E-state index contributed by atoms with van der Waals surface area (Å²) in [7, 11) is 0. The van der Waals surface area contributed by atoms with Crippen LogP contribution in [-0.2, 0) is 24.1 Å². The van der Waals surface area contributed by atoms with Crippen LogP contribution in [-0.4, -0.2) is 95.0 Å². The van der Waals surface area contributed by atoms with Crippen LogP contribution in [0.2, 0.25) is 0 Å². The van der Waals surface area contributed by atoms with E-state index in [0.717, 1.165) is 92.4 Å². The third kappa shape index (κ3) is 31.8. The first kappa shape index (κ1) is 70.5. The van der Waals surface area contributed by atoms with E-state index in [0.29, 0.717) is 42.1 Å². The van der Waals surface area contributed by atoms with Crippen LogP contribution in [0.3, 0.4) is 0 Å². The number of carbonyl (C=O) groups is 1. The van der Waals surface area contributed by atoms with Gasteiger partial charge >= 0.3 is 18.9 Å². The number of hydrogen-bond donors (Lipinski definition) is 7. The first-order chi connectivity index (χ1) is 36.9. The average molecular weight is 1130 g/mol. The van der Waals surface area contributed by atoms with Crippen LogP contribution in [0.5, 0.6) is 0 Å². The summed E-state index contributed by atoms with van der Waals surface area (Å²) in [6.45, 7) is 23.1. The van der Waals surface area contributed by atoms with Gasteiger partial charge in [0.2, 0.25) is 0 Å². The normalized spacial score (nSPS) is 17.2. The number of nitrogens with one attached hydrogen (secondary N) is 1. The van der Waals surface area contributed by atoms with Gasteiger partial charge in [0, 0.05) is 83.1 Å². The van der Waals surface area contributed by atoms with Gasteiger partial charge in [0.25, 0.3) is 0 Å². The summed E-state index contributed by atoms with van der Waals surface area (Å²) in [5.74, 6) is 3.92. The van der Waals surface area contributed by atoms with Crippen molar-refractivity contribution in [3.8, 4) is 4.98 Å². The standard InChI is InChI=1S/C13H19NO.C12H16N4O.C11H17N3O.C7H9N.C6H8N2.C6H10O.C4H9.CBrN.Li/c1-10-8-11(6-7-14-10)9-13(15)12-4-2-3-5-12;1-14-16-6-2-3-10(16)11(17)7-9-4-5-15-12(13)8-9;12-11-7-8(3-5-14-11)6-10(15)9-2-1-4-13-9;1-6-3-4-8-7(2)5-6;1-5-2-3-8-6(7)4-5;7-5-6-3-1-2-4-6;1-4(2)3;2-1-3;/h6-8,12-13,15H,2-5,9H2,1H3;4-5,8,10-11,17H,2-3,6-7H2,(H2,13,15);3,5,7,9-10,13,15H,1-2,4,6H2,(H2,12,14);3-5H,1-2H3;2-4H,1H3,(H2,7,8);5-6H,1-4H2;1-3H3;;/q;;;;;;-1;;+1/t;10-,11?;9-,10?;;;;;;/m.00....../s1. The van der Waals surface area contributed by atoms with Gasteiger partial charge in [-0.05, 0) is 186 Å². The number of anilines is 3.